The number of hydrogen-bond donors (Lipinski definition) is 1. The first-order chi connectivity index (χ1) is 14.6. The van der Waals surface area contributed by atoms with Crippen molar-refractivity contribution in [3.63, 3.8) is 0 Å². The molecule has 4 nitrogen and oxygen atoms in total. The van der Waals surface area contributed by atoms with E-state index in [2.05, 4.69) is 26.1 Å². The van der Waals surface area contributed by atoms with Crippen molar-refractivity contribution in [2.75, 3.05) is 33.5 Å². The molecule has 1 amide bonds. The molecule has 2 aromatic carbocycles. The van der Waals surface area contributed by atoms with Gasteiger partial charge >= 0.3 is 6.18 Å². The number of ether oxygens (including phenoxy) is 1. The van der Waals surface area contributed by atoms with Gasteiger partial charge in [-0.15, -0.1) is 11.8 Å². The highest BCUT2D eigenvalue weighted by Crippen LogP contribution is 2.39. The van der Waals surface area contributed by atoms with Gasteiger partial charge in [-0.05, 0) is 62.5 Å². The SMILES string of the molecule is COc1cc(C(F)(F)F)cc(SC)c1C(=O)NC1(c2cccc(Br)c2)CCCN(C)C1. The summed E-state index contributed by atoms with van der Waals surface area (Å²) in [5, 5.41) is 3.15. The number of carbonyl (C=O) groups is 1. The number of amides is 1. The number of likely N-dealkylation sites (N-methyl/N-ethyl adjacent to an activating group) is 1. The lowest BCUT2D eigenvalue weighted by Crippen LogP contribution is -2.55. The highest BCUT2D eigenvalue weighted by molar-refractivity contribution is 9.10. The molecule has 9 heteroatoms. The number of nitrogens with one attached hydrogen (secondary N) is 1. The summed E-state index contributed by atoms with van der Waals surface area (Å²) in [4.78, 5) is 15.9. The van der Waals surface area contributed by atoms with Crippen molar-refractivity contribution in [2.24, 2.45) is 0 Å². The van der Waals surface area contributed by atoms with Crippen LogP contribution in [0.3, 0.4) is 0 Å². The molecule has 0 saturated carbocycles. The molecular formula is C22H24BrF3N2O2S. The van der Waals surface area contributed by atoms with E-state index in [1.54, 1.807) is 6.26 Å². The van der Waals surface area contributed by atoms with Gasteiger partial charge in [0, 0.05) is 15.9 Å². The minimum Gasteiger partial charge on any atom is -0.496 e. The first kappa shape index (κ1) is 23.9. The van der Waals surface area contributed by atoms with Crippen molar-refractivity contribution in [3.05, 3.63) is 57.6 Å². The molecule has 1 aliphatic heterocycles. The molecule has 2 aromatic rings. The standard InChI is InChI=1S/C22H24BrF3N2O2S/c1-28-9-5-8-21(13-28,14-6-4-7-16(23)10-14)27-20(29)19-17(30-2)11-15(22(24,25)26)12-18(19)31-3/h4,6-7,10-12H,5,8-9,13H2,1-3H3,(H,27,29). The molecule has 1 aliphatic rings. The predicted molar refractivity (Wildman–Crippen MR) is 120 cm³/mol. The van der Waals surface area contributed by atoms with Gasteiger partial charge in [-0.3, -0.25) is 4.79 Å². The second-order valence-corrected chi connectivity index (χ2v) is 9.41. The maximum atomic E-state index is 13.5. The Bertz CT molecular complexity index is 945. The van der Waals surface area contributed by atoms with Crippen LogP contribution in [0.1, 0.15) is 34.3 Å². The van der Waals surface area contributed by atoms with Crippen LogP contribution in [0.2, 0.25) is 0 Å². The van der Waals surface area contributed by atoms with Gasteiger partial charge in [0.05, 0.1) is 23.8 Å². The molecule has 1 saturated heterocycles. The van der Waals surface area contributed by atoms with Crippen LogP contribution < -0.4 is 10.1 Å². The van der Waals surface area contributed by atoms with Gasteiger partial charge in [0.2, 0.25) is 0 Å². The van der Waals surface area contributed by atoms with E-state index in [0.29, 0.717) is 6.54 Å². The van der Waals surface area contributed by atoms with Gasteiger partial charge in [0.25, 0.3) is 5.91 Å². The van der Waals surface area contributed by atoms with Gasteiger partial charge in [0.1, 0.15) is 5.75 Å². The number of hydrogen-bond acceptors (Lipinski definition) is 4. The molecule has 3 rings (SSSR count). The molecule has 1 atom stereocenters. The van der Waals surface area contributed by atoms with Gasteiger partial charge in [-0.25, -0.2) is 0 Å². The molecule has 31 heavy (non-hydrogen) atoms. The van der Waals surface area contributed by atoms with Gasteiger partial charge < -0.3 is 15.0 Å². The summed E-state index contributed by atoms with van der Waals surface area (Å²) in [5.74, 6) is -0.546. The Hall–Kier alpha value is -1.71. The molecule has 1 fully saturated rings. The number of alkyl halides is 3. The third kappa shape index (κ3) is 5.21. The number of benzene rings is 2. The highest BCUT2D eigenvalue weighted by atomic mass is 79.9. The van der Waals surface area contributed by atoms with Crippen molar-refractivity contribution in [1.82, 2.24) is 10.2 Å². The minimum atomic E-state index is -4.53. The largest absolute Gasteiger partial charge is 0.496 e. The van der Waals surface area contributed by atoms with Gasteiger partial charge in [-0.1, -0.05) is 28.1 Å². The Labute approximate surface area is 192 Å². The molecule has 0 radical (unpaired) electrons. The second-order valence-electron chi connectivity index (χ2n) is 7.64. The summed E-state index contributed by atoms with van der Waals surface area (Å²) in [6.45, 7) is 1.50. The van der Waals surface area contributed by atoms with Crippen molar-refractivity contribution in [3.8, 4) is 5.75 Å². The smallest absolute Gasteiger partial charge is 0.416 e. The van der Waals surface area contributed by atoms with E-state index in [0.717, 1.165) is 53.3 Å². The number of carbonyl (C=O) groups excluding carboxylic acids is 1. The molecule has 0 spiro atoms. The van der Waals surface area contributed by atoms with Crippen LogP contribution in [-0.4, -0.2) is 44.3 Å². The second kappa shape index (κ2) is 9.42. The van der Waals surface area contributed by atoms with Crippen LogP contribution in [0, 0.1) is 0 Å². The Morgan fingerprint density at radius 3 is 2.61 bits per heavy atom. The van der Waals surface area contributed by atoms with Crippen molar-refractivity contribution in [1.29, 1.82) is 0 Å². The van der Waals surface area contributed by atoms with Crippen LogP contribution >= 0.6 is 27.7 Å². The average Bonchev–Trinajstić information content (AvgIpc) is 2.71. The highest BCUT2D eigenvalue weighted by Gasteiger charge is 2.39. The lowest BCUT2D eigenvalue weighted by molar-refractivity contribution is -0.137. The van der Waals surface area contributed by atoms with Gasteiger partial charge in [-0.2, -0.15) is 13.2 Å². The molecule has 168 valence electrons. The summed E-state index contributed by atoms with van der Waals surface area (Å²) in [7, 11) is 3.26. The number of halogens is 4. The number of nitrogens with zero attached hydrogens (tertiary/aromatic N) is 1. The van der Waals surface area contributed by atoms with E-state index in [9.17, 15) is 18.0 Å². The zero-order valence-corrected chi connectivity index (χ0v) is 19.9. The van der Waals surface area contributed by atoms with Crippen molar-refractivity contribution < 1.29 is 22.7 Å². The fraction of sp³-hybridized carbons (Fsp3) is 0.409. The lowest BCUT2D eigenvalue weighted by Gasteiger charge is -2.43. The number of rotatable bonds is 5. The Morgan fingerprint density at radius 2 is 2.03 bits per heavy atom. The van der Waals surface area contributed by atoms with E-state index < -0.39 is 23.2 Å². The first-order valence-corrected chi connectivity index (χ1v) is 11.7. The Morgan fingerprint density at radius 1 is 1.29 bits per heavy atom. The maximum Gasteiger partial charge on any atom is 0.416 e. The Balaban J connectivity index is 2.06. The normalized spacial score (nSPS) is 19.8. The number of piperidine rings is 1. The third-order valence-electron chi connectivity index (χ3n) is 5.47. The maximum absolute atomic E-state index is 13.5. The van der Waals surface area contributed by atoms with Crippen LogP contribution in [-0.2, 0) is 11.7 Å². The monoisotopic (exact) mass is 516 g/mol. The fourth-order valence-electron chi connectivity index (χ4n) is 4.04. The van der Waals surface area contributed by atoms with Crippen molar-refractivity contribution in [2.45, 2.75) is 29.5 Å². The predicted octanol–water partition coefficient (Wildman–Crippen LogP) is 5.55. The van der Waals surface area contributed by atoms with E-state index in [4.69, 9.17) is 4.74 Å². The van der Waals surface area contributed by atoms with Crippen LogP contribution in [0.5, 0.6) is 5.75 Å². The van der Waals surface area contributed by atoms with Gasteiger partial charge in [0.15, 0.2) is 0 Å². The first-order valence-electron chi connectivity index (χ1n) is 9.70. The number of methoxy groups -OCH3 is 1. The van der Waals surface area contributed by atoms with Crippen LogP contribution in [0.15, 0.2) is 45.8 Å². The van der Waals surface area contributed by atoms with E-state index in [-0.39, 0.29) is 16.2 Å². The Kier molecular flexibility index (Phi) is 7.28. The number of thioether (sulfide) groups is 1. The molecule has 0 aliphatic carbocycles. The molecule has 0 aromatic heterocycles. The summed E-state index contributed by atoms with van der Waals surface area (Å²) in [6.07, 6.45) is -1.29. The van der Waals surface area contributed by atoms with E-state index in [1.807, 2.05) is 31.3 Å². The topological polar surface area (TPSA) is 41.6 Å². The van der Waals surface area contributed by atoms with Crippen LogP contribution in [0.4, 0.5) is 13.2 Å². The molecule has 1 unspecified atom stereocenters. The zero-order chi connectivity index (χ0) is 22.8. The van der Waals surface area contributed by atoms with Crippen molar-refractivity contribution >= 4 is 33.6 Å². The van der Waals surface area contributed by atoms with E-state index >= 15 is 0 Å². The average molecular weight is 517 g/mol. The fourth-order valence-corrected chi connectivity index (χ4v) is 5.09. The zero-order valence-electron chi connectivity index (χ0n) is 17.5. The lowest BCUT2D eigenvalue weighted by atomic mass is 9.82. The molecule has 1 heterocycles. The molecule has 0 bridgehead atoms. The summed E-state index contributed by atoms with van der Waals surface area (Å²) in [5.41, 5.74) is -0.453. The summed E-state index contributed by atoms with van der Waals surface area (Å²) < 4.78 is 46.1. The minimum absolute atomic E-state index is 0.0924. The number of likely N-dealkylation sites (tertiary alicyclic amines) is 1. The molecular weight excluding hydrogens is 493 g/mol. The summed E-state index contributed by atoms with van der Waals surface area (Å²) >= 11 is 4.58. The quantitative estimate of drug-likeness (QED) is 0.529. The summed E-state index contributed by atoms with van der Waals surface area (Å²) in [6, 6.07) is 9.64. The van der Waals surface area contributed by atoms with Crippen LogP contribution in [0.25, 0.3) is 0 Å². The molecule has 1 N–H and O–H groups in total. The van der Waals surface area contributed by atoms with E-state index in [1.165, 1.54) is 7.11 Å². The third-order valence-corrected chi connectivity index (χ3v) is 6.73.